The molecule has 0 heterocycles. The van der Waals surface area contributed by atoms with Gasteiger partial charge in [-0.15, -0.1) is 0 Å². The van der Waals surface area contributed by atoms with Gasteiger partial charge in [-0.25, -0.2) is 0 Å². The first kappa shape index (κ1) is 19.0. The predicted octanol–water partition coefficient (Wildman–Crippen LogP) is 4.97. The number of benzene rings is 3. The summed E-state index contributed by atoms with van der Waals surface area (Å²) in [4.78, 5) is 12.3. The van der Waals surface area contributed by atoms with Crippen LogP contribution in [0.1, 0.15) is 21.5 Å². The zero-order chi connectivity index (χ0) is 19.1. The first-order valence-electron chi connectivity index (χ1n) is 8.54. The molecule has 0 atom stereocenters. The molecule has 0 saturated heterocycles. The van der Waals surface area contributed by atoms with Crippen molar-refractivity contribution in [3.63, 3.8) is 0 Å². The van der Waals surface area contributed by atoms with E-state index in [4.69, 9.17) is 9.47 Å². The summed E-state index contributed by atoms with van der Waals surface area (Å²) in [7, 11) is 1.61. The molecule has 0 spiro atoms. The molecule has 1 amide bonds. The lowest BCUT2D eigenvalue weighted by Gasteiger charge is -2.13. The van der Waals surface area contributed by atoms with Crippen molar-refractivity contribution in [1.29, 1.82) is 0 Å². The van der Waals surface area contributed by atoms with E-state index in [1.165, 1.54) is 0 Å². The predicted molar refractivity (Wildman–Crippen MR) is 109 cm³/mol. The van der Waals surface area contributed by atoms with Gasteiger partial charge in [0.1, 0.15) is 6.61 Å². The minimum Gasteiger partial charge on any atom is -0.493 e. The number of nitrogens with one attached hydrogen (secondary N) is 1. The quantitative estimate of drug-likeness (QED) is 0.581. The van der Waals surface area contributed by atoms with Gasteiger partial charge >= 0.3 is 0 Å². The summed E-state index contributed by atoms with van der Waals surface area (Å²) in [6, 6.07) is 22.9. The van der Waals surface area contributed by atoms with E-state index < -0.39 is 0 Å². The number of hydrogen-bond acceptors (Lipinski definition) is 3. The lowest BCUT2D eigenvalue weighted by Crippen LogP contribution is -2.23. The summed E-state index contributed by atoms with van der Waals surface area (Å²) in [6.45, 7) is 0.866. The second-order valence-electron chi connectivity index (χ2n) is 5.92. The Morgan fingerprint density at radius 1 is 0.926 bits per heavy atom. The Bertz CT molecular complexity index is 912. The van der Waals surface area contributed by atoms with Crippen molar-refractivity contribution in [3.05, 3.63) is 94.0 Å². The average molecular weight is 426 g/mol. The van der Waals surface area contributed by atoms with Crippen LogP contribution in [0, 0.1) is 0 Å². The van der Waals surface area contributed by atoms with Gasteiger partial charge in [-0.1, -0.05) is 48.5 Å². The van der Waals surface area contributed by atoms with Crippen LogP contribution in [0.15, 0.2) is 77.3 Å². The Morgan fingerprint density at radius 2 is 1.67 bits per heavy atom. The van der Waals surface area contributed by atoms with E-state index in [-0.39, 0.29) is 5.91 Å². The van der Waals surface area contributed by atoms with E-state index in [0.717, 1.165) is 15.6 Å². The van der Waals surface area contributed by atoms with E-state index in [9.17, 15) is 4.79 Å². The van der Waals surface area contributed by atoms with E-state index >= 15 is 0 Å². The number of rotatable bonds is 7. The number of methoxy groups -OCH3 is 1. The molecule has 0 aliphatic rings. The third-order valence-corrected chi connectivity index (χ3v) is 4.73. The van der Waals surface area contributed by atoms with Crippen LogP contribution in [-0.4, -0.2) is 13.0 Å². The highest BCUT2D eigenvalue weighted by molar-refractivity contribution is 9.10. The molecule has 3 rings (SSSR count). The summed E-state index contributed by atoms with van der Waals surface area (Å²) in [6.07, 6.45) is 0. The molecule has 0 fully saturated rings. The van der Waals surface area contributed by atoms with Crippen molar-refractivity contribution in [2.45, 2.75) is 13.2 Å². The fraction of sp³-hybridized carbons (Fsp3) is 0.136. The molecule has 0 unspecified atom stereocenters. The lowest BCUT2D eigenvalue weighted by molar-refractivity contribution is 0.0950. The van der Waals surface area contributed by atoms with Crippen molar-refractivity contribution < 1.29 is 14.3 Å². The van der Waals surface area contributed by atoms with E-state index in [1.807, 2.05) is 66.7 Å². The smallest absolute Gasteiger partial charge is 0.252 e. The van der Waals surface area contributed by atoms with Gasteiger partial charge in [0.05, 0.1) is 12.7 Å². The minimum absolute atomic E-state index is 0.133. The van der Waals surface area contributed by atoms with Crippen LogP contribution >= 0.6 is 15.9 Å². The topological polar surface area (TPSA) is 47.6 Å². The maximum absolute atomic E-state index is 12.3. The number of ether oxygens (including phenoxy) is 2. The van der Waals surface area contributed by atoms with E-state index in [0.29, 0.717) is 30.2 Å². The van der Waals surface area contributed by atoms with Gasteiger partial charge in [0.2, 0.25) is 0 Å². The van der Waals surface area contributed by atoms with Crippen LogP contribution < -0.4 is 14.8 Å². The first-order chi connectivity index (χ1) is 13.2. The first-order valence-corrected chi connectivity index (χ1v) is 9.33. The number of halogens is 1. The molecule has 0 bridgehead atoms. The highest BCUT2D eigenvalue weighted by atomic mass is 79.9. The zero-order valence-electron chi connectivity index (χ0n) is 14.9. The largest absolute Gasteiger partial charge is 0.493 e. The van der Waals surface area contributed by atoms with Crippen LogP contribution in [0.25, 0.3) is 0 Å². The summed E-state index contributed by atoms with van der Waals surface area (Å²) in [5.74, 6) is 1.17. The van der Waals surface area contributed by atoms with Crippen LogP contribution in [0.5, 0.6) is 11.5 Å². The van der Waals surface area contributed by atoms with Crippen LogP contribution in [0.3, 0.4) is 0 Å². The normalized spacial score (nSPS) is 10.3. The molecule has 0 aliphatic heterocycles. The number of carbonyl (C=O) groups excluding carboxylic acids is 1. The monoisotopic (exact) mass is 425 g/mol. The highest BCUT2D eigenvalue weighted by Gasteiger charge is 2.10. The average Bonchev–Trinajstić information content (AvgIpc) is 2.71. The second kappa shape index (κ2) is 9.24. The Hall–Kier alpha value is -2.79. The molecule has 138 valence electrons. The molecule has 3 aromatic rings. The number of hydrogen-bond donors (Lipinski definition) is 1. The van der Waals surface area contributed by atoms with Crippen LogP contribution in [0.4, 0.5) is 0 Å². The molecule has 1 N–H and O–H groups in total. The minimum atomic E-state index is -0.133. The van der Waals surface area contributed by atoms with Crippen LogP contribution in [0.2, 0.25) is 0 Å². The fourth-order valence-electron chi connectivity index (χ4n) is 2.60. The molecule has 0 aliphatic carbocycles. The molecular formula is C22H20BrNO3. The maximum Gasteiger partial charge on any atom is 0.252 e. The third-order valence-electron chi connectivity index (χ3n) is 4.04. The van der Waals surface area contributed by atoms with Gasteiger partial charge in [-0.05, 0) is 51.3 Å². The van der Waals surface area contributed by atoms with Gasteiger partial charge in [-0.2, -0.15) is 0 Å². The van der Waals surface area contributed by atoms with Gasteiger partial charge in [0.25, 0.3) is 5.91 Å². The SMILES string of the molecule is COc1cc(CNC(=O)c2ccccc2Br)ccc1OCc1ccccc1. The molecule has 0 saturated carbocycles. The highest BCUT2D eigenvalue weighted by Crippen LogP contribution is 2.29. The van der Waals surface area contributed by atoms with Crippen molar-refractivity contribution in [2.75, 3.05) is 7.11 Å². The maximum atomic E-state index is 12.3. The molecule has 4 nitrogen and oxygen atoms in total. The van der Waals surface area contributed by atoms with Gasteiger partial charge < -0.3 is 14.8 Å². The summed E-state index contributed by atoms with van der Waals surface area (Å²) >= 11 is 3.39. The summed E-state index contributed by atoms with van der Waals surface area (Å²) < 4.78 is 12.1. The third kappa shape index (κ3) is 5.11. The van der Waals surface area contributed by atoms with Gasteiger partial charge in [-0.3, -0.25) is 4.79 Å². The van der Waals surface area contributed by atoms with Crippen LogP contribution in [-0.2, 0) is 13.2 Å². The van der Waals surface area contributed by atoms with Gasteiger partial charge in [0.15, 0.2) is 11.5 Å². The standard InChI is InChI=1S/C22H20BrNO3/c1-26-21-13-17(14-24-22(25)18-9-5-6-10-19(18)23)11-12-20(21)27-15-16-7-3-2-4-8-16/h2-13H,14-15H2,1H3,(H,24,25). The molecule has 0 aromatic heterocycles. The lowest BCUT2D eigenvalue weighted by atomic mass is 10.1. The Labute approximate surface area is 167 Å². The van der Waals surface area contributed by atoms with Crippen molar-refractivity contribution >= 4 is 21.8 Å². The van der Waals surface area contributed by atoms with E-state index in [1.54, 1.807) is 13.2 Å². The Balaban J connectivity index is 1.63. The molecule has 5 heteroatoms. The van der Waals surface area contributed by atoms with Crippen molar-refractivity contribution in [2.24, 2.45) is 0 Å². The molecule has 27 heavy (non-hydrogen) atoms. The summed E-state index contributed by atoms with van der Waals surface area (Å²) in [5, 5.41) is 2.92. The van der Waals surface area contributed by atoms with E-state index in [2.05, 4.69) is 21.2 Å². The van der Waals surface area contributed by atoms with Crippen molar-refractivity contribution in [1.82, 2.24) is 5.32 Å². The Morgan fingerprint density at radius 3 is 2.41 bits per heavy atom. The number of amides is 1. The fourth-order valence-corrected chi connectivity index (χ4v) is 3.06. The Kier molecular flexibility index (Phi) is 6.49. The summed E-state index contributed by atoms with van der Waals surface area (Å²) in [5.41, 5.74) is 2.62. The second-order valence-corrected chi connectivity index (χ2v) is 6.78. The number of carbonyl (C=O) groups is 1. The van der Waals surface area contributed by atoms with Gasteiger partial charge in [0, 0.05) is 11.0 Å². The molecular weight excluding hydrogens is 406 g/mol. The molecule has 0 radical (unpaired) electrons. The van der Waals surface area contributed by atoms with Crippen molar-refractivity contribution in [3.8, 4) is 11.5 Å². The zero-order valence-corrected chi connectivity index (χ0v) is 16.5. The molecule has 3 aromatic carbocycles.